The van der Waals surface area contributed by atoms with Crippen molar-refractivity contribution in [3.8, 4) is 0 Å². The summed E-state index contributed by atoms with van der Waals surface area (Å²) in [4.78, 5) is 0. The van der Waals surface area contributed by atoms with Crippen LogP contribution in [0.5, 0.6) is 0 Å². The maximum atomic E-state index is 8.38. The summed E-state index contributed by atoms with van der Waals surface area (Å²) in [6, 6.07) is 0. The molecule has 0 aliphatic rings. The standard InChI is InChI=1S/2Ga.In.O.2Zn.9H. The van der Waals surface area contributed by atoms with E-state index >= 15 is 0 Å². The Kier molecular flexibility index (Phi) is 244. The minimum atomic E-state index is 0. The van der Waals surface area contributed by atoms with Crippen molar-refractivity contribution in [1.82, 2.24) is 0 Å². The Hall–Kier alpha value is 3.19. The van der Waals surface area contributed by atoms with Gasteiger partial charge in [0.2, 0.25) is 0 Å². The molecule has 0 amide bonds. The fourth-order valence-electron chi connectivity index (χ4n) is 0. The fourth-order valence-corrected chi connectivity index (χ4v) is 0. The third-order valence-electron chi connectivity index (χ3n) is 0. The zero-order chi connectivity index (χ0) is 2.00. The Bertz CT molecular complexity index is 11.5. The predicted octanol–water partition coefficient (Wildman–Crippen LogP) is -3.68. The monoisotopic (exact) mass is 406 g/mol. The third-order valence-corrected chi connectivity index (χ3v) is 0. The molecule has 0 heterocycles. The Labute approximate surface area is 105 Å². The molecule has 0 aromatic carbocycles. The van der Waals surface area contributed by atoms with Gasteiger partial charge in [0.05, 0.1) is 0 Å². The van der Waals surface area contributed by atoms with E-state index < -0.39 is 0 Å². The molecule has 0 aliphatic heterocycles. The summed E-state index contributed by atoms with van der Waals surface area (Å²) in [6.07, 6.45) is 0. The molecule has 0 unspecified atom stereocenters. The van der Waals surface area contributed by atoms with Crippen LogP contribution in [0.2, 0.25) is 0 Å². The van der Waals surface area contributed by atoms with Crippen LogP contribution in [0.1, 0.15) is 0 Å². The largest absolute Gasteiger partial charge is 0 e. The molecule has 0 spiro atoms. The second kappa shape index (κ2) is 41.6. The summed E-state index contributed by atoms with van der Waals surface area (Å²) in [6.45, 7) is 0. The maximum Gasteiger partial charge on any atom is 0 e. The van der Waals surface area contributed by atoms with Gasteiger partial charge in [-0.1, -0.05) is 0 Å². The van der Waals surface area contributed by atoms with Gasteiger partial charge in [-0.05, 0) is 0 Å². The normalized spacial score (nSPS) is 1.00. The van der Waals surface area contributed by atoms with Crippen LogP contribution >= 0.6 is 0 Å². The second-order valence-corrected chi connectivity index (χ2v) is 0. The average molecular weight is 410 g/mol. The minimum Gasteiger partial charge on any atom is 0 e. The van der Waals surface area contributed by atoms with Crippen LogP contribution in [-0.4, -0.2) is 65.4 Å². The first-order valence-electron chi connectivity index (χ1n) is 0.289. The van der Waals surface area contributed by atoms with Gasteiger partial charge in [-0.3, -0.25) is 0 Å². The van der Waals surface area contributed by atoms with Crippen molar-refractivity contribution in [2.75, 3.05) is 0 Å². The van der Waals surface area contributed by atoms with E-state index in [0.29, 0.717) is 0 Å². The topological polar surface area (TPSA) is 17.1 Å². The van der Waals surface area contributed by atoms with E-state index in [-0.39, 0.29) is 103 Å². The molecule has 0 aromatic heterocycles. The van der Waals surface area contributed by atoms with E-state index in [1.807, 2.05) is 0 Å². The molecule has 28 valence electrons. The van der Waals surface area contributed by atoms with E-state index in [4.69, 9.17) is 3.57 Å². The van der Waals surface area contributed by atoms with E-state index in [1.165, 1.54) is 0 Å². The van der Waals surface area contributed by atoms with Crippen LogP contribution < -0.4 is 0 Å². The molecule has 0 atom stereocenters. The van der Waals surface area contributed by atoms with Crippen LogP contribution in [0.4, 0.5) is 0 Å². The second-order valence-electron chi connectivity index (χ2n) is 0. The van der Waals surface area contributed by atoms with Gasteiger partial charge in [0, 0.05) is 19.5 Å². The van der Waals surface area contributed by atoms with E-state index in [2.05, 4.69) is 0 Å². The SMILES string of the molecule is [GaH3].[GaH3].[InH3].[O]=[Zn].[Zn]. The zero-order valence-electron chi connectivity index (χ0n) is 1.82. The van der Waals surface area contributed by atoms with Crippen molar-refractivity contribution >= 4 is 65.4 Å². The molecule has 0 saturated heterocycles. The molecule has 0 radical (unpaired) electrons. The Balaban J connectivity index is -0.000000000833. The molecular weight excluding hydrogens is 401 g/mol. The summed E-state index contributed by atoms with van der Waals surface area (Å²) >= 11 is 0.125. The van der Waals surface area contributed by atoms with Gasteiger partial charge in [0.1, 0.15) is 0 Å². The predicted molar refractivity (Wildman–Crippen MR) is 30.5 cm³/mol. The van der Waals surface area contributed by atoms with Crippen molar-refractivity contribution in [2.45, 2.75) is 0 Å². The van der Waals surface area contributed by atoms with E-state index in [9.17, 15) is 0 Å². The Morgan fingerprint density at radius 3 is 1.00 bits per heavy atom. The molecule has 0 fully saturated rings. The van der Waals surface area contributed by atoms with Gasteiger partial charge in [-0.2, -0.15) is 0 Å². The first-order valence-corrected chi connectivity index (χ1v) is 1.50. The molecule has 0 N–H and O–H groups in total. The first kappa shape index (κ1) is 35.1. The van der Waals surface area contributed by atoms with Crippen LogP contribution in [0.15, 0.2) is 0 Å². The van der Waals surface area contributed by atoms with Crippen LogP contribution in [0.25, 0.3) is 0 Å². The third kappa shape index (κ3) is 27.1. The van der Waals surface area contributed by atoms with Crippen LogP contribution in [0, 0.1) is 0 Å². The van der Waals surface area contributed by atoms with Crippen molar-refractivity contribution in [1.29, 1.82) is 0 Å². The van der Waals surface area contributed by atoms with Gasteiger partial charge in [0.15, 0.2) is 0 Å². The summed E-state index contributed by atoms with van der Waals surface area (Å²) in [7, 11) is 0. The van der Waals surface area contributed by atoms with Crippen molar-refractivity contribution in [2.24, 2.45) is 0 Å². The quantitative estimate of drug-likeness (QED) is 0.377. The van der Waals surface area contributed by atoms with Gasteiger partial charge >= 0.3 is 87.3 Å². The molecule has 0 bridgehead atoms. The smallest absolute Gasteiger partial charge is 0 e. The van der Waals surface area contributed by atoms with E-state index in [0.717, 1.165) is 0 Å². The van der Waals surface area contributed by atoms with Crippen molar-refractivity contribution < 1.29 is 41.3 Å². The number of hydrogen-bond donors (Lipinski definition) is 0. The summed E-state index contributed by atoms with van der Waals surface area (Å²) < 4.78 is 8.38. The van der Waals surface area contributed by atoms with Gasteiger partial charge in [-0.15, -0.1) is 0 Å². The summed E-state index contributed by atoms with van der Waals surface area (Å²) in [5.74, 6) is 0. The van der Waals surface area contributed by atoms with Crippen LogP contribution in [0.3, 0.4) is 0 Å². The fraction of sp³-hybridized carbons (Fsp3) is 0. The molecule has 0 aromatic rings. The van der Waals surface area contributed by atoms with E-state index in [1.54, 1.807) is 0 Å². The minimum absolute atomic E-state index is 0. The molecular formula is H9Ga2InOZn2. The zero-order valence-corrected chi connectivity index (χ0v) is 7.76. The molecule has 0 saturated carbocycles. The molecule has 6 heteroatoms. The molecule has 1 nitrogen and oxygen atoms in total. The summed E-state index contributed by atoms with van der Waals surface area (Å²) in [5.41, 5.74) is 0. The van der Waals surface area contributed by atoms with Gasteiger partial charge in [0.25, 0.3) is 0 Å². The molecule has 0 aliphatic carbocycles. The van der Waals surface area contributed by atoms with Crippen molar-refractivity contribution in [3.63, 3.8) is 0 Å². The first-order chi connectivity index (χ1) is 1.00. The Morgan fingerprint density at radius 1 is 1.00 bits per heavy atom. The Morgan fingerprint density at radius 2 is 1.00 bits per heavy atom. The summed E-state index contributed by atoms with van der Waals surface area (Å²) in [5, 5.41) is 0. The van der Waals surface area contributed by atoms with Crippen molar-refractivity contribution in [3.05, 3.63) is 0 Å². The van der Waals surface area contributed by atoms with Gasteiger partial charge < -0.3 is 0 Å². The van der Waals surface area contributed by atoms with Gasteiger partial charge in [-0.25, -0.2) is 0 Å². The number of hydrogen-bond acceptors (Lipinski definition) is 1. The molecule has 0 rings (SSSR count). The molecule has 6 heavy (non-hydrogen) atoms. The van der Waals surface area contributed by atoms with Crippen LogP contribution in [-0.2, 0) is 41.3 Å². The average Bonchev–Trinajstić information content (AvgIpc) is 1.00. The maximum absolute atomic E-state index is 8.38. The number of rotatable bonds is 0.